The van der Waals surface area contributed by atoms with Crippen molar-refractivity contribution in [2.75, 3.05) is 18.9 Å². The first-order chi connectivity index (χ1) is 6.92. The van der Waals surface area contributed by atoms with Gasteiger partial charge in [0.1, 0.15) is 5.75 Å². The van der Waals surface area contributed by atoms with Crippen LogP contribution in [-0.2, 0) is 6.42 Å². The van der Waals surface area contributed by atoms with Gasteiger partial charge in [-0.15, -0.1) is 11.8 Å². The molecular weight excluding hydrogens is 194 g/mol. The molecule has 0 unspecified atom stereocenters. The maximum absolute atomic E-state index is 5.69. The van der Waals surface area contributed by atoms with E-state index in [2.05, 4.69) is 12.1 Å². The lowest BCUT2D eigenvalue weighted by atomic mass is 10.2. The second-order valence-electron chi connectivity index (χ2n) is 3.33. The Hall–Kier alpha value is -0.670. The molecule has 1 aromatic carbocycles. The zero-order valence-electron chi connectivity index (χ0n) is 8.16. The van der Waals surface area contributed by atoms with Gasteiger partial charge in [0.15, 0.2) is 0 Å². The summed E-state index contributed by atoms with van der Waals surface area (Å²) in [7, 11) is 0. The molecule has 0 bridgehead atoms. The van der Waals surface area contributed by atoms with Gasteiger partial charge in [-0.25, -0.2) is 0 Å². The van der Waals surface area contributed by atoms with Crippen molar-refractivity contribution < 1.29 is 4.74 Å². The van der Waals surface area contributed by atoms with Crippen molar-refractivity contribution in [2.45, 2.75) is 17.7 Å². The van der Waals surface area contributed by atoms with Crippen molar-refractivity contribution in [3.63, 3.8) is 0 Å². The SMILES string of the molecule is NCCCOc1cccc2c1SCC2. The first kappa shape index (κ1) is 9.87. The van der Waals surface area contributed by atoms with E-state index in [1.165, 1.54) is 22.6 Å². The Morgan fingerprint density at radius 3 is 3.21 bits per heavy atom. The van der Waals surface area contributed by atoms with Gasteiger partial charge in [-0.1, -0.05) is 12.1 Å². The molecule has 2 rings (SSSR count). The third kappa shape index (κ3) is 2.04. The number of thioether (sulfide) groups is 1. The van der Waals surface area contributed by atoms with Crippen LogP contribution < -0.4 is 10.5 Å². The number of hydrogen-bond donors (Lipinski definition) is 1. The van der Waals surface area contributed by atoms with Crippen LogP contribution in [0.4, 0.5) is 0 Å². The summed E-state index contributed by atoms with van der Waals surface area (Å²) in [6.45, 7) is 1.43. The van der Waals surface area contributed by atoms with Crippen LogP contribution in [0.3, 0.4) is 0 Å². The summed E-state index contributed by atoms with van der Waals surface area (Å²) >= 11 is 1.90. The number of rotatable bonds is 4. The fraction of sp³-hybridized carbons (Fsp3) is 0.455. The van der Waals surface area contributed by atoms with E-state index in [-0.39, 0.29) is 0 Å². The molecule has 2 N–H and O–H groups in total. The zero-order valence-corrected chi connectivity index (χ0v) is 8.98. The lowest BCUT2D eigenvalue weighted by molar-refractivity contribution is 0.306. The van der Waals surface area contributed by atoms with Gasteiger partial charge in [-0.05, 0) is 31.0 Å². The van der Waals surface area contributed by atoms with Crippen LogP contribution in [0.5, 0.6) is 5.75 Å². The number of fused-ring (bicyclic) bond motifs is 1. The smallest absolute Gasteiger partial charge is 0.133 e. The molecule has 1 aliphatic heterocycles. The van der Waals surface area contributed by atoms with Gasteiger partial charge in [0.25, 0.3) is 0 Å². The number of ether oxygens (including phenoxy) is 1. The third-order valence-corrected chi connectivity index (χ3v) is 3.44. The summed E-state index contributed by atoms with van der Waals surface area (Å²) < 4.78 is 5.69. The highest BCUT2D eigenvalue weighted by molar-refractivity contribution is 7.99. The largest absolute Gasteiger partial charge is 0.492 e. The Morgan fingerprint density at radius 2 is 2.36 bits per heavy atom. The predicted molar refractivity (Wildman–Crippen MR) is 60.0 cm³/mol. The Balaban J connectivity index is 2.06. The highest BCUT2D eigenvalue weighted by atomic mass is 32.2. The second kappa shape index (κ2) is 4.71. The quantitative estimate of drug-likeness (QED) is 0.771. The van der Waals surface area contributed by atoms with Crippen molar-refractivity contribution in [1.29, 1.82) is 0 Å². The van der Waals surface area contributed by atoms with E-state index >= 15 is 0 Å². The molecule has 0 amide bonds. The number of benzene rings is 1. The Labute approximate surface area is 88.8 Å². The van der Waals surface area contributed by atoms with Gasteiger partial charge < -0.3 is 10.5 Å². The molecule has 76 valence electrons. The fourth-order valence-electron chi connectivity index (χ4n) is 1.56. The maximum Gasteiger partial charge on any atom is 0.133 e. The third-order valence-electron chi connectivity index (χ3n) is 2.28. The molecular formula is C11H15NOS. The van der Waals surface area contributed by atoms with E-state index in [4.69, 9.17) is 10.5 Å². The van der Waals surface area contributed by atoms with Crippen LogP contribution in [-0.4, -0.2) is 18.9 Å². The summed E-state index contributed by atoms with van der Waals surface area (Å²) in [4.78, 5) is 1.34. The highest BCUT2D eigenvalue weighted by Crippen LogP contribution is 2.38. The van der Waals surface area contributed by atoms with Gasteiger partial charge in [-0.2, -0.15) is 0 Å². The molecule has 1 heterocycles. The minimum atomic E-state index is 0.697. The van der Waals surface area contributed by atoms with Gasteiger partial charge >= 0.3 is 0 Å². The van der Waals surface area contributed by atoms with Gasteiger partial charge in [0.05, 0.1) is 11.5 Å². The molecule has 0 spiro atoms. The van der Waals surface area contributed by atoms with Crippen LogP contribution in [0.1, 0.15) is 12.0 Å². The number of aryl methyl sites for hydroxylation is 1. The first-order valence-electron chi connectivity index (χ1n) is 4.99. The normalized spacial score (nSPS) is 14.1. The average molecular weight is 209 g/mol. The molecule has 0 aliphatic carbocycles. The average Bonchev–Trinajstić information content (AvgIpc) is 2.67. The molecule has 0 saturated heterocycles. The molecule has 0 aromatic heterocycles. The van der Waals surface area contributed by atoms with Gasteiger partial charge in [0, 0.05) is 5.75 Å². The summed E-state index contributed by atoms with van der Waals surface area (Å²) in [6.07, 6.45) is 2.10. The summed E-state index contributed by atoms with van der Waals surface area (Å²) in [5, 5.41) is 0. The molecule has 0 fully saturated rings. The molecule has 0 radical (unpaired) electrons. The van der Waals surface area contributed by atoms with Gasteiger partial charge in [0.2, 0.25) is 0 Å². The van der Waals surface area contributed by atoms with Gasteiger partial charge in [-0.3, -0.25) is 0 Å². The summed E-state index contributed by atoms with van der Waals surface area (Å²) in [6, 6.07) is 6.31. The van der Waals surface area contributed by atoms with Crippen molar-refractivity contribution in [3.8, 4) is 5.75 Å². The molecule has 14 heavy (non-hydrogen) atoms. The summed E-state index contributed by atoms with van der Waals surface area (Å²) in [5.41, 5.74) is 6.85. The van der Waals surface area contributed by atoms with E-state index in [9.17, 15) is 0 Å². The molecule has 0 saturated carbocycles. The Bertz CT molecular complexity index is 314. The molecule has 0 atom stereocenters. The van der Waals surface area contributed by atoms with Crippen LogP contribution >= 0.6 is 11.8 Å². The van der Waals surface area contributed by atoms with E-state index < -0.39 is 0 Å². The van der Waals surface area contributed by atoms with Crippen LogP contribution in [0, 0.1) is 0 Å². The van der Waals surface area contributed by atoms with E-state index in [0.717, 1.165) is 18.8 Å². The molecule has 2 nitrogen and oxygen atoms in total. The zero-order chi connectivity index (χ0) is 9.80. The standard InChI is InChI=1S/C11H15NOS/c12-6-2-7-13-10-4-1-3-9-5-8-14-11(9)10/h1,3-4H,2,5-8,12H2. The van der Waals surface area contributed by atoms with Crippen molar-refractivity contribution >= 4 is 11.8 Å². The fourth-order valence-corrected chi connectivity index (χ4v) is 2.71. The molecule has 3 heteroatoms. The molecule has 1 aliphatic rings. The number of nitrogens with two attached hydrogens (primary N) is 1. The topological polar surface area (TPSA) is 35.2 Å². The van der Waals surface area contributed by atoms with E-state index in [0.29, 0.717) is 6.54 Å². The summed E-state index contributed by atoms with van der Waals surface area (Å²) in [5.74, 6) is 2.23. The Kier molecular flexibility index (Phi) is 3.32. The Morgan fingerprint density at radius 1 is 1.43 bits per heavy atom. The van der Waals surface area contributed by atoms with E-state index in [1.807, 2.05) is 17.8 Å². The molecule has 1 aromatic rings. The van der Waals surface area contributed by atoms with Crippen LogP contribution in [0.15, 0.2) is 23.1 Å². The minimum Gasteiger partial charge on any atom is -0.492 e. The minimum absolute atomic E-state index is 0.697. The maximum atomic E-state index is 5.69. The van der Waals surface area contributed by atoms with Crippen LogP contribution in [0.2, 0.25) is 0 Å². The number of hydrogen-bond acceptors (Lipinski definition) is 3. The van der Waals surface area contributed by atoms with Crippen molar-refractivity contribution in [1.82, 2.24) is 0 Å². The van der Waals surface area contributed by atoms with Crippen molar-refractivity contribution in [3.05, 3.63) is 23.8 Å². The van der Waals surface area contributed by atoms with Crippen molar-refractivity contribution in [2.24, 2.45) is 5.73 Å². The second-order valence-corrected chi connectivity index (χ2v) is 4.44. The van der Waals surface area contributed by atoms with Crippen LogP contribution in [0.25, 0.3) is 0 Å². The lowest BCUT2D eigenvalue weighted by Gasteiger charge is -2.09. The first-order valence-corrected chi connectivity index (χ1v) is 5.98. The monoisotopic (exact) mass is 209 g/mol. The predicted octanol–water partition coefficient (Wildman–Crippen LogP) is 2.06. The lowest BCUT2D eigenvalue weighted by Crippen LogP contribution is -2.06. The highest BCUT2D eigenvalue weighted by Gasteiger charge is 2.15. The van der Waals surface area contributed by atoms with E-state index in [1.54, 1.807) is 0 Å².